The summed E-state index contributed by atoms with van der Waals surface area (Å²) in [5.41, 5.74) is 1.37. The molecule has 1 aromatic heterocycles. The summed E-state index contributed by atoms with van der Waals surface area (Å²) in [5, 5.41) is 2.80. The Balaban J connectivity index is 1.52. The van der Waals surface area contributed by atoms with Crippen LogP contribution in [0, 0.1) is 6.92 Å². The third kappa shape index (κ3) is 10.2. The average molecular weight is 853 g/mol. The quantitative estimate of drug-likeness (QED) is 0.0491. The smallest absolute Gasteiger partial charge is 0.351 e. The van der Waals surface area contributed by atoms with E-state index < -0.39 is 50.2 Å². The molecule has 1 N–H and O–H groups in total. The van der Waals surface area contributed by atoms with Gasteiger partial charge >= 0.3 is 5.69 Å². The molecule has 14 heteroatoms. The Hall–Kier alpha value is -4.98. The van der Waals surface area contributed by atoms with Crippen LogP contribution in [0.3, 0.4) is 0 Å². The zero-order valence-corrected chi connectivity index (χ0v) is 37.2. The highest BCUT2D eigenvalue weighted by molar-refractivity contribution is 7.49. The number of rotatable bonds is 19. The molecule has 2 heterocycles. The molecular weight excluding hydrogens is 796 g/mol. The summed E-state index contributed by atoms with van der Waals surface area (Å²) in [6.07, 6.45) is -2.39. The average Bonchev–Trinajstić information content (AvgIpc) is 3.59. The van der Waals surface area contributed by atoms with Crippen molar-refractivity contribution >= 4 is 20.0 Å². The number of nitrogens with one attached hydrogen (secondary N) is 1. The minimum atomic E-state index is -1.31. The van der Waals surface area contributed by atoms with Gasteiger partial charge in [0.1, 0.15) is 43.4 Å². The fraction of sp³-hybridized carbons (Fsp3) is 0.383. The maximum absolute atomic E-state index is 14.2. The van der Waals surface area contributed by atoms with E-state index in [4.69, 9.17) is 32.9 Å². The second kappa shape index (κ2) is 20.7. The van der Waals surface area contributed by atoms with Crippen molar-refractivity contribution in [2.24, 2.45) is 0 Å². The summed E-state index contributed by atoms with van der Waals surface area (Å²) in [4.78, 5) is 31.7. The Morgan fingerprint density at radius 1 is 0.803 bits per heavy atom. The number of carbonyl (C=O) groups excluding carboxylic acids is 1. The van der Waals surface area contributed by atoms with Gasteiger partial charge in [-0.2, -0.15) is 4.98 Å². The van der Waals surface area contributed by atoms with Gasteiger partial charge in [-0.05, 0) is 94.4 Å². The number of hydrogen-bond donors (Lipinski definition) is 1. The topological polar surface area (TPSA) is 132 Å². The molecule has 0 bridgehead atoms. The predicted octanol–water partition coefficient (Wildman–Crippen LogP) is 8.16. The molecule has 0 spiro atoms. The highest BCUT2D eigenvalue weighted by atomic mass is 31.2. The van der Waals surface area contributed by atoms with Crippen LogP contribution in [0.4, 0.5) is 5.82 Å². The SMILES string of the molecule is COCCO[C@@H]1[C@H](OP(C)N(C(C)C)C(C)C)[C@@H](OC(c2ccccc2)(c2ccc(OC)cc2)c2ccc(OC)cc2)O[C@H]1n1cc(C)c(NC(=O)c2ccccc2)nc1=O. The van der Waals surface area contributed by atoms with Gasteiger partial charge in [-0.15, -0.1) is 0 Å². The largest absolute Gasteiger partial charge is 0.497 e. The monoisotopic (exact) mass is 852 g/mol. The fourth-order valence-corrected chi connectivity index (χ4v) is 9.79. The van der Waals surface area contributed by atoms with Gasteiger partial charge in [-0.25, -0.2) is 4.79 Å². The first-order valence-electron chi connectivity index (χ1n) is 20.3. The highest BCUT2D eigenvalue weighted by Gasteiger charge is 2.54. The molecule has 1 amide bonds. The first kappa shape index (κ1) is 45.5. The van der Waals surface area contributed by atoms with Crippen LogP contribution < -0.4 is 20.5 Å². The van der Waals surface area contributed by atoms with Gasteiger partial charge in [0.25, 0.3) is 5.91 Å². The van der Waals surface area contributed by atoms with Crippen molar-refractivity contribution in [1.29, 1.82) is 0 Å². The molecule has 1 aliphatic rings. The summed E-state index contributed by atoms with van der Waals surface area (Å²) >= 11 is 0. The van der Waals surface area contributed by atoms with Gasteiger partial charge in [0.15, 0.2) is 12.5 Å². The lowest BCUT2D eigenvalue weighted by Crippen LogP contribution is -2.45. The van der Waals surface area contributed by atoms with Gasteiger partial charge in [0.05, 0.1) is 27.4 Å². The van der Waals surface area contributed by atoms with Crippen molar-refractivity contribution in [1.82, 2.24) is 14.2 Å². The van der Waals surface area contributed by atoms with Crippen LogP contribution in [-0.2, 0) is 29.1 Å². The standard InChI is InChI=1S/C47H57N4O9P/c1-31(2)51(32(3)4)61(9)60-41-40(57-29-28-54-6)44(50-30-33(5)42(49-46(50)53)48-43(52)34-16-12-10-13-17-34)58-45(41)59-47(35-18-14-11-15-19-35,36-20-24-38(55-7)25-21-36)37-22-26-39(56-8)27-23-37/h10-27,30-32,40-41,44-45H,28-29H2,1-9H3,(H,48,49,52,53)/t40-,41+,44-,45-,61?/m1/s1. The molecule has 5 atom stereocenters. The van der Waals surface area contributed by atoms with Crippen molar-refractivity contribution in [3.8, 4) is 11.5 Å². The zero-order valence-electron chi connectivity index (χ0n) is 36.3. The van der Waals surface area contributed by atoms with Crippen molar-refractivity contribution in [3.63, 3.8) is 0 Å². The van der Waals surface area contributed by atoms with Crippen LogP contribution in [0.2, 0.25) is 0 Å². The lowest BCUT2D eigenvalue weighted by molar-refractivity contribution is -0.213. The van der Waals surface area contributed by atoms with Gasteiger partial charge in [-0.3, -0.25) is 14.0 Å². The number of aryl methyl sites for hydroxylation is 1. The number of anilines is 1. The second-order valence-electron chi connectivity index (χ2n) is 15.2. The summed E-state index contributed by atoms with van der Waals surface area (Å²) in [6.45, 7) is 12.8. The Morgan fingerprint density at radius 3 is 1.87 bits per heavy atom. The van der Waals surface area contributed by atoms with Crippen LogP contribution >= 0.6 is 8.30 Å². The normalized spacial score (nSPS) is 18.4. The van der Waals surface area contributed by atoms with Crippen molar-refractivity contribution in [2.45, 2.75) is 77.0 Å². The van der Waals surface area contributed by atoms with Crippen LogP contribution in [0.15, 0.2) is 120 Å². The molecule has 1 aliphatic heterocycles. The van der Waals surface area contributed by atoms with E-state index in [0.717, 1.165) is 16.7 Å². The molecule has 6 rings (SSSR count). The summed E-state index contributed by atoms with van der Waals surface area (Å²) in [6, 6.07) is 34.4. The van der Waals surface area contributed by atoms with E-state index in [2.05, 4.69) is 49.3 Å². The Bertz CT molecular complexity index is 2170. The number of carbonyl (C=O) groups is 1. The maximum Gasteiger partial charge on any atom is 0.351 e. The third-order valence-corrected chi connectivity index (χ3v) is 12.7. The molecule has 4 aromatic carbocycles. The van der Waals surface area contributed by atoms with Crippen molar-refractivity contribution in [2.75, 3.05) is 46.5 Å². The van der Waals surface area contributed by atoms with Crippen LogP contribution in [0.1, 0.15) is 66.5 Å². The van der Waals surface area contributed by atoms with Crippen LogP contribution in [0.5, 0.6) is 11.5 Å². The second-order valence-corrected chi connectivity index (χ2v) is 16.8. The van der Waals surface area contributed by atoms with E-state index in [-0.39, 0.29) is 31.1 Å². The van der Waals surface area contributed by atoms with Crippen molar-refractivity contribution in [3.05, 3.63) is 154 Å². The molecule has 1 saturated heterocycles. The zero-order chi connectivity index (χ0) is 43.7. The third-order valence-electron chi connectivity index (χ3n) is 10.5. The minimum absolute atomic E-state index is 0.134. The van der Waals surface area contributed by atoms with Gasteiger partial charge in [0, 0.05) is 36.5 Å². The van der Waals surface area contributed by atoms with E-state index in [1.54, 1.807) is 58.7 Å². The fourth-order valence-electron chi connectivity index (χ4n) is 7.81. The van der Waals surface area contributed by atoms with E-state index in [9.17, 15) is 9.59 Å². The summed E-state index contributed by atoms with van der Waals surface area (Å²) < 4.78 is 48.7. The Labute approximate surface area is 359 Å². The maximum atomic E-state index is 14.2. The van der Waals surface area contributed by atoms with Crippen LogP contribution in [-0.4, -0.2) is 91.9 Å². The molecule has 0 saturated carbocycles. The van der Waals surface area contributed by atoms with Gasteiger partial charge in [-0.1, -0.05) is 72.8 Å². The molecule has 0 radical (unpaired) electrons. The number of amides is 1. The number of benzene rings is 4. The Morgan fingerprint density at radius 2 is 1.34 bits per heavy atom. The highest BCUT2D eigenvalue weighted by Crippen LogP contribution is 2.50. The molecule has 0 aliphatic carbocycles. The van der Waals surface area contributed by atoms with Crippen molar-refractivity contribution < 1.29 is 37.7 Å². The first-order chi connectivity index (χ1) is 29.4. The molecular formula is C47H57N4O9P. The minimum Gasteiger partial charge on any atom is -0.497 e. The molecule has 1 unspecified atom stereocenters. The molecule has 324 valence electrons. The van der Waals surface area contributed by atoms with E-state index >= 15 is 0 Å². The summed E-state index contributed by atoms with van der Waals surface area (Å²) in [5.74, 6) is 1.10. The lowest BCUT2D eigenvalue weighted by atomic mass is 9.80. The van der Waals surface area contributed by atoms with E-state index in [0.29, 0.717) is 22.6 Å². The Kier molecular flexibility index (Phi) is 15.5. The first-order valence-corrected chi connectivity index (χ1v) is 22.0. The lowest BCUT2D eigenvalue weighted by Gasteiger charge is -2.41. The molecule has 5 aromatic rings. The molecule has 61 heavy (non-hydrogen) atoms. The number of hydrogen-bond acceptors (Lipinski definition) is 11. The number of aromatic nitrogens is 2. The number of methoxy groups -OCH3 is 3. The summed E-state index contributed by atoms with van der Waals surface area (Å²) in [7, 11) is 3.56. The molecule has 13 nitrogen and oxygen atoms in total. The predicted molar refractivity (Wildman–Crippen MR) is 236 cm³/mol. The van der Waals surface area contributed by atoms with Crippen LogP contribution in [0.25, 0.3) is 0 Å². The van der Waals surface area contributed by atoms with E-state index in [1.165, 1.54) is 4.57 Å². The van der Waals surface area contributed by atoms with E-state index in [1.807, 2.05) is 84.9 Å². The van der Waals surface area contributed by atoms with Gasteiger partial charge < -0.3 is 38.3 Å². The van der Waals surface area contributed by atoms with Gasteiger partial charge in [0.2, 0.25) is 0 Å². The number of nitrogens with zero attached hydrogens (tertiary/aromatic N) is 3. The number of ether oxygens (including phenoxy) is 6. The molecule has 1 fully saturated rings.